The number of hydrogen-bond acceptors (Lipinski definition) is 3. The Morgan fingerprint density at radius 2 is 2.38 bits per heavy atom. The number of fused-ring (bicyclic) bond motifs is 1. The first-order chi connectivity index (χ1) is 7.74. The zero-order valence-electron chi connectivity index (χ0n) is 9.29. The van der Waals surface area contributed by atoms with Gasteiger partial charge in [0.25, 0.3) is 0 Å². The molecule has 0 bridgehead atoms. The molecule has 3 rings (SSSR count). The molecular weight excluding hydrogens is 202 g/mol. The Morgan fingerprint density at radius 3 is 3.12 bits per heavy atom. The monoisotopic (exact) mass is 217 g/mol. The molecule has 1 aromatic carbocycles. The van der Waals surface area contributed by atoms with Gasteiger partial charge in [0, 0.05) is 12.3 Å². The summed E-state index contributed by atoms with van der Waals surface area (Å²) in [5.41, 5.74) is 9.69. The van der Waals surface area contributed by atoms with Gasteiger partial charge in [0.05, 0.1) is 11.0 Å². The highest BCUT2D eigenvalue weighted by molar-refractivity contribution is 5.82. The molecule has 1 aliphatic rings. The number of nitrogens with two attached hydrogens (primary N) is 1. The average molecular weight is 217 g/mol. The number of benzene rings is 1. The molecule has 1 fully saturated rings. The summed E-state index contributed by atoms with van der Waals surface area (Å²) < 4.78 is 5.61. The summed E-state index contributed by atoms with van der Waals surface area (Å²) in [6.45, 7) is 2.86. The number of nitrogens with zero attached hydrogens (tertiary/aromatic N) is 1. The van der Waals surface area contributed by atoms with Gasteiger partial charge in [-0.05, 0) is 37.5 Å². The molecule has 16 heavy (non-hydrogen) atoms. The van der Waals surface area contributed by atoms with Crippen molar-refractivity contribution in [2.75, 3.05) is 12.3 Å². The molecule has 0 unspecified atom stereocenters. The van der Waals surface area contributed by atoms with Crippen molar-refractivity contribution in [2.24, 2.45) is 0 Å². The summed E-state index contributed by atoms with van der Waals surface area (Å²) in [4.78, 5) is 7.90. The van der Waals surface area contributed by atoms with Crippen LogP contribution in [-0.2, 0) is 4.74 Å². The lowest BCUT2D eigenvalue weighted by Gasteiger charge is -2.03. The van der Waals surface area contributed by atoms with E-state index in [0.29, 0.717) is 0 Å². The van der Waals surface area contributed by atoms with Crippen LogP contribution in [0.5, 0.6) is 0 Å². The second kappa shape index (κ2) is 3.49. The van der Waals surface area contributed by atoms with Crippen molar-refractivity contribution in [3.63, 3.8) is 0 Å². The number of H-pyrrole nitrogens is 1. The van der Waals surface area contributed by atoms with Crippen molar-refractivity contribution < 1.29 is 4.74 Å². The highest BCUT2D eigenvalue weighted by atomic mass is 16.5. The fourth-order valence-electron chi connectivity index (χ4n) is 2.28. The standard InChI is InChI=1S/C12H15N3O/c1-7-5-8(13)6-9-11(7)15-12(14-9)10-3-2-4-16-10/h5-6,10H,2-4,13H2,1H3,(H,14,15)/t10-/m1/s1. The van der Waals surface area contributed by atoms with Gasteiger partial charge in [-0.15, -0.1) is 0 Å². The van der Waals surface area contributed by atoms with E-state index >= 15 is 0 Å². The number of hydrogen-bond donors (Lipinski definition) is 2. The fraction of sp³-hybridized carbons (Fsp3) is 0.417. The maximum Gasteiger partial charge on any atom is 0.136 e. The summed E-state index contributed by atoms with van der Waals surface area (Å²) in [6.07, 6.45) is 2.30. The van der Waals surface area contributed by atoms with E-state index < -0.39 is 0 Å². The Morgan fingerprint density at radius 1 is 1.50 bits per heavy atom. The molecule has 84 valence electrons. The van der Waals surface area contributed by atoms with Crippen molar-refractivity contribution in [3.05, 3.63) is 23.5 Å². The molecular formula is C12H15N3O. The van der Waals surface area contributed by atoms with Crippen molar-refractivity contribution in [3.8, 4) is 0 Å². The molecule has 0 saturated carbocycles. The Kier molecular flexibility index (Phi) is 2.11. The highest BCUT2D eigenvalue weighted by Gasteiger charge is 2.21. The molecule has 1 saturated heterocycles. The topological polar surface area (TPSA) is 63.9 Å². The van der Waals surface area contributed by atoms with Crippen molar-refractivity contribution in [1.29, 1.82) is 0 Å². The molecule has 2 heterocycles. The zero-order chi connectivity index (χ0) is 11.1. The molecule has 0 radical (unpaired) electrons. The van der Waals surface area contributed by atoms with Crippen LogP contribution in [0.25, 0.3) is 11.0 Å². The number of ether oxygens (including phenoxy) is 1. The van der Waals surface area contributed by atoms with Gasteiger partial charge in [-0.25, -0.2) is 4.98 Å². The molecule has 3 N–H and O–H groups in total. The number of nitrogen functional groups attached to an aromatic ring is 1. The predicted molar refractivity (Wildman–Crippen MR) is 63.2 cm³/mol. The first-order valence-corrected chi connectivity index (χ1v) is 5.61. The molecule has 1 atom stereocenters. The van der Waals surface area contributed by atoms with Crippen LogP contribution >= 0.6 is 0 Å². The largest absolute Gasteiger partial charge is 0.399 e. The van der Waals surface area contributed by atoms with Crippen LogP contribution in [0, 0.1) is 6.92 Å². The molecule has 0 amide bonds. The Labute approximate surface area is 93.8 Å². The van der Waals surface area contributed by atoms with Gasteiger partial charge in [-0.1, -0.05) is 0 Å². The number of aryl methyl sites for hydroxylation is 1. The van der Waals surface area contributed by atoms with Gasteiger partial charge in [0.1, 0.15) is 11.9 Å². The third-order valence-electron chi connectivity index (χ3n) is 3.05. The number of aromatic nitrogens is 2. The lowest BCUT2D eigenvalue weighted by Crippen LogP contribution is -1.97. The van der Waals surface area contributed by atoms with E-state index in [9.17, 15) is 0 Å². The third-order valence-corrected chi connectivity index (χ3v) is 3.05. The number of anilines is 1. The predicted octanol–water partition coefficient (Wildman–Crippen LogP) is 2.31. The highest BCUT2D eigenvalue weighted by Crippen LogP contribution is 2.29. The minimum absolute atomic E-state index is 0.132. The van der Waals surface area contributed by atoms with E-state index in [4.69, 9.17) is 10.5 Å². The molecule has 4 heteroatoms. The van der Waals surface area contributed by atoms with E-state index in [1.807, 2.05) is 19.1 Å². The van der Waals surface area contributed by atoms with Crippen molar-refractivity contribution >= 4 is 16.7 Å². The minimum atomic E-state index is 0.132. The first-order valence-electron chi connectivity index (χ1n) is 5.61. The Hall–Kier alpha value is -1.55. The summed E-state index contributed by atoms with van der Waals surface area (Å²) in [7, 11) is 0. The summed E-state index contributed by atoms with van der Waals surface area (Å²) in [5.74, 6) is 0.932. The maximum atomic E-state index is 5.81. The zero-order valence-corrected chi connectivity index (χ0v) is 9.29. The first kappa shape index (κ1) is 9.66. The number of nitrogens with one attached hydrogen (secondary N) is 1. The van der Waals surface area contributed by atoms with E-state index in [1.54, 1.807) is 0 Å². The lowest BCUT2D eigenvalue weighted by atomic mass is 10.2. The van der Waals surface area contributed by atoms with Gasteiger partial charge in [0.2, 0.25) is 0 Å². The average Bonchev–Trinajstić information content (AvgIpc) is 2.82. The third kappa shape index (κ3) is 1.46. The van der Waals surface area contributed by atoms with Gasteiger partial charge >= 0.3 is 0 Å². The van der Waals surface area contributed by atoms with Crippen LogP contribution in [0.2, 0.25) is 0 Å². The molecule has 0 aliphatic carbocycles. The van der Waals surface area contributed by atoms with E-state index in [2.05, 4.69) is 9.97 Å². The van der Waals surface area contributed by atoms with Crippen LogP contribution in [-0.4, -0.2) is 16.6 Å². The van der Waals surface area contributed by atoms with E-state index in [1.165, 1.54) is 0 Å². The summed E-state index contributed by atoms with van der Waals surface area (Å²) in [5, 5.41) is 0. The van der Waals surface area contributed by atoms with Crippen molar-refractivity contribution in [2.45, 2.75) is 25.9 Å². The fourth-order valence-corrected chi connectivity index (χ4v) is 2.28. The molecule has 1 aromatic heterocycles. The van der Waals surface area contributed by atoms with Crippen LogP contribution < -0.4 is 5.73 Å². The van der Waals surface area contributed by atoms with Gasteiger partial charge in [0.15, 0.2) is 0 Å². The maximum absolute atomic E-state index is 5.81. The summed E-state index contributed by atoms with van der Waals surface area (Å²) in [6, 6.07) is 3.87. The lowest BCUT2D eigenvalue weighted by molar-refractivity contribution is 0.106. The minimum Gasteiger partial charge on any atom is -0.399 e. The number of rotatable bonds is 1. The van der Waals surface area contributed by atoms with Crippen LogP contribution in [0.3, 0.4) is 0 Å². The molecule has 0 spiro atoms. The van der Waals surface area contributed by atoms with Gasteiger partial charge in [-0.2, -0.15) is 0 Å². The van der Waals surface area contributed by atoms with E-state index in [-0.39, 0.29) is 6.10 Å². The molecule has 4 nitrogen and oxygen atoms in total. The van der Waals surface area contributed by atoms with Crippen LogP contribution in [0.1, 0.15) is 30.3 Å². The number of imidazole rings is 1. The SMILES string of the molecule is Cc1cc(N)cc2[nH]c([C@H]3CCCO3)nc12. The Bertz CT molecular complexity index is 526. The molecule has 2 aromatic rings. The molecule has 1 aliphatic heterocycles. The van der Waals surface area contributed by atoms with Crippen molar-refractivity contribution in [1.82, 2.24) is 9.97 Å². The number of aromatic amines is 1. The Balaban J connectivity index is 2.11. The second-order valence-electron chi connectivity index (χ2n) is 4.36. The van der Waals surface area contributed by atoms with Crippen LogP contribution in [0.15, 0.2) is 12.1 Å². The second-order valence-corrected chi connectivity index (χ2v) is 4.36. The van der Waals surface area contributed by atoms with Gasteiger partial charge in [-0.3, -0.25) is 0 Å². The van der Waals surface area contributed by atoms with Crippen LogP contribution in [0.4, 0.5) is 5.69 Å². The quantitative estimate of drug-likeness (QED) is 0.720. The summed E-state index contributed by atoms with van der Waals surface area (Å²) >= 11 is 0. The normalized spacial score (nSPS) is 20.7. The van der Waals surface area contributed by atoms with E-state index in [0.717, 1.165) is 47.6 Å². The smallest absolute Gasteiger partial charge is 0.136 e. The van der Waals surface area contributed by atoms with Gasteiger partial charge < -0.3 is 15.5 Å².